The van der Waals surface area contributed by atoms with Crippen LogP contribution < -0.4 is 11.1 Å². The van der Waals surface area contributed by atoms with E-state index in [9.17, 15) is 14.4 Å². The number of rotatable bonds is 7. The molecular formula is C10H18N2O6. The standard InChI is InChI=1S/C10H18N2O6/c1-5(2)18-10(17)7(4-13)12-9(16)6(11)3-8(14)15/h5-7,13H,3-4,11H2,1-2H3,(H,12,16)(H,14,15)/t6-,7+/m0/s1. The van der Waals surface area contributed by atoms with Gasteiger partial charge in [-0.1, -0.05) is 0 Å². The Morgan fingerprint density at radius 3 is 2.28 bits per heavy atom. The first-order chi connectivity index (χ1) is 8.27. The summed E-state index contributed by atoms with van der Waals surface area (Å²) in [4.78, 5) is 33.2. The molecule has 0 aromatic carbocycles. The average Bonchev–Trinajstić information content (AvgIpc) is 2.23. The molecule has 8 nitrogen and oxygen atoms in total. The molecular weight excluding hydrogens is 244 g/mol. The number of hydrogen-bond acceptors (Lipinski definition) is 6. The van der Waals surface area contributed by atoms with Crippen molar-refractivity contribution in [3.05, 3.63) is 0 Å². The number of nitrogens with two attached hydrogens (primary N) is 1. The summed E-state index contributed by atoms with van der Waals surface area (Å²) in [6.45, 7) is 2.58. The SMILES string of the molecule is CC(C)OC(=O)[C@@H](CO)NC(=O)[C@@H](N)CC(=O)O. The van der Waals surface area contributed by atoms with Crippen LogP contribution in [-0.4, -0.2) is 52.9 Å². The van der Waals surface area contributed by atoms with Gasteiger partial charge in [0.15, 0.2) is 6.04 Å². The minimum absolute atomic E-state index is 0.392. The van der Waals surface area contributed by atoms with Crippen molar-refractivity contribution in [2.45, 2.75) is 38.5 Å². The van der Waals surface area contributed by atoms with Crippen LogP contribution in [0.1, 0.15) is 20.3 Å². The molecule has 0 saturated heterocycles. The summed E-state index contributed by atoms with van der Waals surface area (Å²) in [7, 11) is 0. The summed E-state index contributed by atoms with van der Waals surface area (Å²) in [5.74, 6) is -2.87. The van der Waals surface area contributed by atoms with Gasteiger partial charge in [-0.25, -0.2) is 4.79 Å². The molecule has 8 heteroatoms. The predicted molar refractivity (Wildman–Crippen MR) is 60.5 cm³/mol. The van der Waals surface area contributed by atoms with Crippen molar-refractivity contribution in [1.82, 2.24) is 5.32 Å². The molecule has 18 heavy (non-hydrogen) atoms. The second-order valence-electron chi connectivity index (χ2n) is 3.93. The lowest BCUT2D eigenvalue weighted by molar-refractivity contribution is -0.152. The van der Waals surface area contributed by atoms with E-state index in [0.717, 1.165) is 0 Å². The average molecular weight is 262 g/mol. The Labute approximate surface area is 104 Å². The largest absolute Gasteiger partial charge is 0.481 e. The van der Waals surface area contributed by atoms with Crippen molar-refractivity contribution in [1.29, 1.82) is 0 Å². The van der Waals surface area contributed by atoms with Crippen LogP contribution in [-0.2, 0) is 19.1 Å². The number of hydrogen-bond donors (Lipinski definition) is 4. The maximum absolute atomic E-state index is 11.4. The van der Waals surface area contributed by atoms with Gasteiger partial charge in [-0.3, -0.25) is 9.59 Å². The number of aliphatic hydroxyl groups is 1. The van der Waals surface area contributed by atoms with E-state index in [1.165, 1.54) is 0 Å². The quantitative estimate of drug-likeness (QED) is 0.397. The van der Waals surface area contributed by atoms with Crippen molar-refractivity contribution >= 4 is 17.8 Å². The Kier molecular flexibility index (Phi) is 6.91. The van der Waals surface area contributed by atoms with Gasteiger partial charge in [0.05, 0.1) is 25.2 Å². The number of ether oxygens (including phenoxy) is 1. The van der Waals surface area contributed by atoms with Crippen LogP contribution in [0.4, 0.5) is 0 Å². The molecule has 0 aromatic rings. The number of carboxylic acid groups (broad SMARTS) is 1. The van der Waals surface area contributed by atoms with E-state index in [-0.39, 0.29) is 0 Å². The summed E-state index contributed by atoms with van der Waals surface area (Å²) in [5.41, 5.74) is 5.30. The first-order valence-electron chi connectivity index (χ1n) is 5.37. The summed E-state index contributed by atoms with van der Waals surface area (Å²) in [5, 5.41) is 19.5. The molecule has 0 aromatic heterocycles. The van der Waals surface area contributed by atoms with Crippen LogP contribution in [0.2, 0.25) is 0 Å². The lowest BCUT2D eigenvalue weighted by Gasteiger charge is -2.18. The highest BCUT2D eigenvalue weighted by Gasteiger charge is 2.25. The van der Waals surface area contributed by atoms with Gasteiger partial charge in [-0.2, -0.15) is 0 Å². The van der Waals surface area contributed by atoms with Crippen molar-refractivity contribution in [2.24, 2.45) is 5.73 Å². The molecule has 0 spiro atoms. The molecule has 0 saturated carbocycles. The number of amides is 1. The second-order valence-corrected chi connectivity index (χ2v) is 3.93. The van der Waals surface area contributed by atoms with Crippen LogP contribution >= 0.6 is 0 Å². The highest BCUT2D eigenvalue weighted by atomic mass is 16.5. The molecule has 1 amide bonds. The Morgan fingerprint density at radius 2 is 1.89 bits per heavy atom. The van der Waals surface area contributed by atoms with E-state index >= 15 is 0 Å². The van der Waals surface area contributed by atoms with Gasteiger partial charge in [0.1, 0.15) is 0 Å². The van der Waals surface area contributed by atoms with E-state index in [1.54, 1.807) is 13.8 Å². The molecule has 0 heterocycles. The zero-order valence-corrected chi connectivity index (χ0v) is 10.3. The molecule has 0 bridgehead atoms. The van der Waals surface area contributed by atoms with E-state index in [0.29, 0.717) is 0 Å². The Bertz CT molecular complexity index is 317. The van der Waals surface area contributed by atoms with E-state index in [4.69, 9.17) is 20.7 Å². The fraction of sp³-hybridized carbons (Fsp3) is 0.700. The molecule has 2 atom stereocenters. The minimum atomic E-state index is -1.29. The first-order valence-corrected chi connectivity index (χ1v) is 5.37. The number of esters is 1. The van der Waals surface area contributed by atoms with Crippen LogP contribution in [0, 0.1) is 0 Å². The van der Waals surface area contributed by atoms with Gasteiger partial charge >= 0.3 is 11.9 Å². The first kappa shape index (κ1) is 16.3. The number of carbonyl (C=O) groups is 3. The van der Waals surface area contributed by atoms with Gasteiger partial charge in [-0.15, -0.1) is 0 Å². The summed E-state index contributed by atoms with van der Waals surface area (Å²) in [6, 6.07) is -2.54. The fourth-order valence-corrected chi connectivity index (χ4v) is 1.05. The van der Waals surface area contributed by atoms with Gasteiger partial charge < -0.3 is 26.0 Å². The third-order valence-corrected chi connectivity index (χ3v) is 1.87. The minimum Gasteiger partial charge on any atom is -0.481 e. The molecule has 5 N–H and O–H groups in total. The van der Waals surface area contributed by atoms with Crippen LogP contribution in [0.15, 0.2) is 0 Å². The number of aliphatic hydroxyl groups excluding tert-OH is 1. The normalized spacial score (nSPS) is 13.8. The fourth-order valence-electron chi connectivity index (χ4n) is 1.05. The highest BCUT2D eigenvalue weighted by molar-refractivity contribution is 5.89. The van der Waals surface area contributed by atoms with Crippen molar-refractivity contribution in [3.8, 4) is 0 Å². The van der Waals surface area contributed by atoms with Gasteiger partial charge in [0.25, 0.3) is 0 Å². The summed E-state index contributed by atoms with van der Waals surface area (Å²) < 4.78 is 4.79. The van der Waals surface area contributed by atoms with E-state index in [1.807, 2.05) is 0 Å². The van der Waals surface area contributed by atoms with E-state index in [2.05, 4.69) is 5.32 Å². The zero-order valence-electron chi connectivity index (χ0n) is 10.3. The third-order valence-electron chi connectivity index (χ3n) is 1.87. The Hall–Kier alpha value is -1.67. The third kappa shape index (κ3) is 6.16. The maximum atomic E-state index is 11.4. The van der Waals surface area contributed by atoms with Gasteiger partial charge in [0, 0.05) is 0 Å². The molecule has 0 unspecified atom stereocenters. The van der Waals surface area contributed by atoms with Crippen LogP contribution in [0.25, 0.3) is 0 Å². The van der Waals surface area contributed by atoms with Crippen molar-refractivity contribution < 1.29 is 29.3 Å². The van der Waals surface area contributed by atoms with Crippen LogP contribution in [0.5, 0.6) is 0 Å². The molecule has 0 aliphatic carbocycles. The topological polar surface area (TPSA) is 139 Å². The zero-order chi connectivity index (χ0) is 14.3. The second kappa shape index (κ2) is 7.62. The summed E-state index contributed by atoms with van der Waals surface area (Å²) >= 11 is 0. The lowest BCUT2D eigenvalue weighted by Crippen LogP contribution is -2.51. The van der Waals surface area contributed by atoms with Crippen molar-refractivity contribution in [3.63, 3.8) is 0 Å². The molecule has 0 radical (unpaired) electrons. The van der Waals surface area contributed by atoms with Gasteiger partial charge in [-0.05, 0) is 13.8 Å². The molecule has 104 valence electrons. The Morgan fingerprint density at radius 1 is 1.33 bits per heavy atom. The maximum Gasteiger partial charge on any atom is 0.331 e. The van der Waals surface area contributed by atoms with Gasteiger partial charge in [0.2, 0.25) is 5.91 Å². The molecule has 0 aliphatic heterocycles. The molecule has 0 fully saturated rings. The number of aliphatic carboxylic acids is 1. The smallest absolute Gasteiger partial charge is 0.331 e. The summed E-state index contributed by atoms with van der Waals surface area (Å²) in [6.07, 6.45) is -0.959. The number of nitrogens with one attached hydrogen (secondary N) is 1. The van der Waals surface area contributed by atoms with E-state index < -0.39 is 49.1 Å². The monoisotopic (exact) mass is 262 g/mol. The number of carboxylic acids is 1. The number of carbonyl (C=O) groups excluding carboxylic acids is 2. The molecule has 0 aliphatic rings. The Balaban J connectivity index is 4.40. The predicted octanol–water partition coefficient (Wildman–Crippen LogP) is -1.78. The van der Waals surface area contributed by atoms with Crippen molar-refractivity contribution in [2.75, 3.05) is 6.61 Å². The van der Waals surface area contributed by atoms with Crippen LogP contribution in [0.3, 0.4) is 0 Å². The highest BCUT2D eigenvalue weighted by Crippen LogP contribution is 1.96. The molecule has 0 rings (SSSR count). The lowest BCUT2D eigenvalue weighted by atomic mass is 10.2.